The van der Waals surface area contributed by atoms with Crippen molar-refractivity contribution >= 4 is 11.9 Å². The first kappa shape index (κ1) is 20.5. The minimum absolute atomic E-state index is 0.0878. The van der Waals surface area contributed by atoms with Gasteiger partial charge >= 0.3 is 6.09 Å². The first-order valence-electron chi connectivity index (χ1n) is 10.0. The van der Waals surface area contributed by atoms with Crippen LogP contribution in [0.15, 0.2) is 48.5 Å². The Labute approximate surface area is 173 Å². The van der Waals surface area contributed by atoms with Crippen LogP contribution in [0.25, 0.3) is 0 Å². The maximum absolute atomic E-state index is 13.9. The van der Waals surface area contributed by atoms with Crippen molar-refractivity contribution < 1.29 is 27.8 Å². The first-order chi connectivity index (χ1) is 14.5. The van der Waals surface area contributed by atoms with Crippen molar-refractivity contribution in [3.05, 3.63) is 71.3 Å². The van der Waals surface area contributed by atoms with Crippen molar-refractivity contribution in [1.82, 2.24) is 4.90 Å². The summed E-state index contributed by atoms with van der Waals surface area (Å²) in [5.74, 6) is -1.78. The van der Waals surface area contributed by atoms with E-state index >= 15 is 0 Å². The lowest BCUT2D eigenvalue weighted by atomic mass is 9.81. The molecule has 0 radical (unpaired) electrons. The topological polar surface area (TPSA) is 55.8 Å². The second-order valence-electron chi connectivity index (χ2n) is 7.84. The predicted octanol–water partition coefficient (Wildman–Crippen LogP) is 3.89. The Morgan fingerprint density at radius 2 is 1.73 bits per heavy atom. The summed E-state index contributed by atoms with van der Waals surface area (Å²) in [4.78, 5) is 27.2. The third-order valence-corrected chi connectivity index (χ3v) is 5.77. The molecule has 158 valence electrons. The fraction of sp³-hybridized carbons (Fsp3) is 0.391. The number of hydrogen-bond acceptors (Lipinski definition) is 4. The third-order valence-electron chi connectivity index (χ3n) is 5.77. The molecule has 2 aromatic carbocycles. The van der Waals surface area contributed by atoms with Crippen molar-refractivity contribution in [1.29, 1.82) is 0 Å². The average molecular weight is 415 g/mol. The van der Waals surface area contributed by atoms with Gasteiger partial charge in [0.2, 0.25) is 0 Å². The summed E-state index contributed by atoms with van der Waals surface area (Å²) in [6, 6.07) is 12.2. The Morgan fingerprint density at radius 3 is 2.40 bits per heavy atom. The number of nitrogens with zero attached hydrogens (tertiary/aromatic N) is 1. The summed E-state index contributed by atoms with van der Waals surface area (Å²) in [6.07, 6.45) is 0.389. The summed E-state index contributed by atoms with van der Waals surface area (Å²) < 4.78 is 38.1. The highest BCUT2D eigenvalue weighted by Gasteiger charge is 2.44. The van der Waals surface area contributed by atoms with Gasteiger partial charge in [0.25, 0.3) is 0 Å². The highest BCUT2D eigenvalue weighted by molar-refractivity contribution is 5.84. The number of morpholine rings is 1. The number of rotatable bonds is 5. The Morgan fingerprint density at radius 1 is 1.03 bits per heavy atom. The minimum atomic E-state index is -0.714. The molecule has 2 aliphatic rings. The number of benzene rings is 2. The van der Waals surface area contributed by atoms with Crippen molar-refractivity contribution in [3.8, 4) is 0 Å². The van der Waals surface area contributed by atoms with Crippen LogP contribution in [0.1, 0.15) is 24.0 Å². The number of ketones is 1. The van der Waals surface area contributed by atoms with Crippen LogP contribution >= 0.6 is 0 Å². The zero-order valence-electron chi connectivity index (χ0n) is 16.4. The molecule has 2 saturated heterocycles. The van der Waals surface area contributed by atoms with Crippen LogP contribution in [-0.2, 0) is 27.3 Å². The molecule has 2 unspecified atom stereocenters. The van der Waals surface area contributed by atoms with Gasteiger partial charge < -0.3 is 9.47 Å². The smallest absolute Gasteiger partial charge is 0.410 e. The van der Waals surface area contributed by atoms with Crippen LogP contribution in [-0.4, -0.2) is 42.1 Å². The molecule has 2 fully saturated rings. The molecule has 2 atom stereocenters. The monoisotopic (exact) mass is 415 g/mol. The average Bonchev–Trinajstić information content (AvgIpc) is 2.73. The standard InChI is InChI=1S/C23H23F2NO4/c24-18-7-6-16(21(25)11-18)10-22(27)17-8-19-13-29-14-20(9-17)26(19)23(28)30-12-15-4-2-1-3-5-15/h1-7,11,17,19-20H,8-10,12-14H2. The highest BCUT2D eigenvalue weighted by atomic mass is 19.1. The highest BCUT2D eigenvalue weighted by Crippen LogP contribution is 2.33. The summed E-state index contributed by atoms with van der Waals surface area (Å²) in [5, 5.41) is 0. The summed E-state index contributed by atoms with van der Waals surface area (Å²) in [5.41, 5.74) is 1.09. The van der Waals surface area contributed by atoms with E-state index in [1.165, 1.54) is 6.07 Å². The van der Waals surface area contributed by atoms with Gasteiger partial charge in [-0.1, -0.05) is 36.4 Å². The molecule has 2 aromatic rings. The quantitative estimate of drug-likeness (QED) is 0.744. The van der Waals surface area contributed by atoms with Crippen LogP contribution < -0.4 is 0 Å². The number of piperidine rings is 1. The number of hydrogen-bond donors (Lipinski definition) is 0. The van der Waals surface area contributed by atoms with E-state index in [0.717, 1.165) is 17.7 Å². The fourth-order valence-corrected chi connectivity index (χ4v) is 4.27. The number of amides is 1. The van der Waals surface area contributed by atoms with Crippen molar-refractivity contribution in [2.24, 2.45) is 5.92 Å². The Hall–Kier alpha value is -2.80. The Kier molecular flexibility index (Phi) is 6.08. The molecule has 0 aromatic heterocycles. The number of carbonyl (C=O) groups is 2. The van der Waals surface area contributed by atoms with Gasteiger partial charge in [-0.3, -0.25) is 9.69 Å². The van der Waals surface area contributed by atoms with Gasteiger partial charge in [-0.15, -0.1) is 0 Å². The molecule has 2 bridgehead atoms. The van der Waals surface area contributed by atoms with E-state index in [-0.39, 0.29) is 42.4 Å². The van der Waals surface area contributed by atoms with Gasteiger partial charge in [-0.05, 0) is 30.0 Å². The van der Waals surface area contributed by atoms with E-state index in [1.54, 1.807) is 4.90 Å². The van der Waals surface area contributed by atoms with E-state index < -0.39 is 17.7 Å². The van der Waals surface area contributed by atoms with Crippen LogP contribution in [0.3, 0.4) is 0 Å². The molecule has 30 heavy (non-hydrogen) atoms. The summed E-state index contributed by atoms with van der Waals surface area (Å²) in [6.45, 7) is 0.861. The van der Waals surface area contributed by atoms with Gasteiger partial charge in [-0.2, -0.15) is 0 Å². The Balaban J connectivity index is 1.39. The van der Waals surface area contributed by atoms with E-state index in [2.05, 4.69) is 0 Å². The van der Waals surface area contributed by atoms with E-state index in [0.29, 0.717) is 26.1 Å². The zero-order chi connectivity index (χ0) is 21.1. The molecule has 0 spiro atoms. The van der Waals surface area contributed by atoms with Gasteiger partial charge in [0.05, 0.1) is 25.3 Å². The van der Waals surface area contributed by atoms with Gasteiger partial charge in [0, 0.05) is 18.4 Å². The maximum atomic E-state index is 13.9. The second kappa shape index (κ2) is 8.92. The molecular formula is C23H23F2NO4. The molecular weight excluding hydrogens is 392 g/mol. The van der Waals surface area contributed by atoms with Crippen LogP contribution in [0.2, 0.25) is 0 Å². The lowest BCUT2D eigenvalue weighted by molar-refractivity contribution is -0.130. The number of halogens is 2. The van der Waals surface area contributed by atoms with Crippen molar-refractivity contribution in [2.75, 3.05) is 13.2 Å². The number of carbonyl (C=O) groups excluding carboxylic acids is 2. The van der Waals surface area contributed by atoms with Crippen LogP contribution in [0.5, 0.6) is 0 Å². The van der Waals surface area contributed by atoms with Crippen LogP contribution in [0, 0.1) is 17.6 Å². The zero-order valence-corrected chi connectivity index (χ0v) is 16.4. The molecule has 2 aliphatic heterocycles. The van der Waals surface area contributed by atoms with Crippen molar-refractivity contribution in [2.45, 2.75) is 38.0 Å². The lowest BCUT2D eigenvalue weighted by Crippen LogP contribution is -2.60. The predicted molar refractivity (Wildman–Crippen MR) is 105 cm³/mol. The SMILES string of the molecule is O=C(Cc1ccc(F)cc1F)C1CC2COCC(C1)N2C(=O)OCc1ccccc1. The third kappa shape index (κ3) is 4.51. The number of ether oxygens (including phenoxy) is 2. The fourth-order valence-electron chi connectivity index (χ4n) is 4.27. The molecule has 2 heterocycles. The van der Waals surface area contributed by atoms with Crippen molar-refractivity contribution in [3.63, 3.8) is 0 Å². The lowest BCUT2D eigenvalue weighted by Gasteiger charge is -2.47. The van der Waals surface area contributed by atoms with Crippen LogP contribution in [0.4, 0.5) is 13.6 Å². The van der Waals surface area contributed by atoms with E-state index in [9.17, 15) is 18.4 Å². The van der Waals surface area contributed by atoms with Gasteiger partial charge in [0.15, 0.2) is 0 Å². The normalized spacial score (nSPS) is 23.1. The molecule has 0 saturated carbocycles. The summed E-state index contributed by atoms with van der Waals surface area (Å²) >= 11 is 0. The number of fused-ring (bicyclic) bond motifs is 2. The van der Waals surface area contributed by atoms with E-state index in [4.69, 9.17) is 9.47 Å². The first-order valence-corrected chi connectivity index (χ1v) is 10.0. The molecule has 5 nitrogen and oxygen atoms in total. The molecule has 7 heteroatoms. The summed E-state index contributed by atoms with van der Waals surface area (Å²) in [7, 11) is 0. The largest absolute Gasteiger partial charge is 0.445 e. The Bertz CT molecular complexity index is 907. The minimum Gasteiger partial charge on any atom is -0.445 e. The molecule has 4 rings (SSSR count). The maximum Gasteiger partial charge on any atom is 0.410 e. The molecule has 1 amide bonds. The molecule has 0 aliphatic carbocycles. The molecule has 0 N–H and O–H groups in total. The second-order valence-corrected chi connectivity index (χ2v) is 7.84. The van der Waals surface area contributed by atoms with Gasteiger partial charge in [-0.25, -0.2) is 13.6 Å². The van der Waals surface area contributed by atoms with E-state index in [1.807, 2.05) is 30.3 Å². The van der Waals surface area contributed by atoms with Gasteiger partial charge in [0.1, 0.15) is 24.0 Å². The number of Topliss-reactive ketones (excluding diaryl/α,β-unsaturated/α-hetero) is 1.